The van der Waals surface area contributed by atoms with Crippen LogP contribution in [0.3, 0.4) is 0 Å². The van der Waals surface area contributed by atoms with Crippen LogP contribution in [0.1, 0.15) is 0 Å². The summed E-state index contributed by atoms with van der Waals surface area (Å²) in [7, 11) is 0. The number of pyridine rings is 3. The van der Waals surface area contributed by atoms with Crippen molar-refractivity contribution in [3.63, 3.8) is 0 Å². The number of hydrogen-bond acceptors (Lipinski definition) is 5. The lowest BCUT2D eigenvalue weighted by Crippen LogP contribution is -1.96. The number of hydrogen-bond donors (Lipinski definition) is 0. The van der Waals surface area contributed by atoms with E-state index in [4.69, 9.17) is 0 Å². The van der Waals surface area contributed by atoms with Gasteiger partial charge in [-0.3, -0.25) is 20.1 Å². The van der Waals surface area contributed by atoms with Crippen molar-refractivity contribution in [2.75, 3.05) is 0 Å². The summed E-state index contributed by atoms with van der Waals surface area (Å²) in [6, 6.07) is 10.1. The Labute approximate surface area is 120 Å². The summed E-state index contributed by atoms with van der Waals surface area (Å²) in [5, 5.41) is 11.2. The molecule has 0 aliphatic heterocycles. The van der Waals surface area contributed by atoms with E-state index in [0.717, 1.165) is 5.56 Å². The molecule has 3 aromatic heterocycles. The van der Waals surface area contributed by atoms with Crippen molar-refractivity contribution in [1.29, 1.82) is 0 Å². The van der Waals surface area contributed by atoms with Gasteiger partial charge >= 0.3 is 0 Å². The largest absolute Gasteiger partial charge is 0.295 e. The van der Waals surface area contributed by atoms with Gasteiger partial charge in [-0.25, -0.2) is 4.98 Å². The first kappa shape index (κ1) is 12.9. The highest BCUT2D eigenvalue weighted by atomic mass is 16.6. The molecule has 0 radical (unpaired) electrons. The second-order valence-corrected chi connectivity index (χ2v) is 4.29. The van der Waals surface area contributed by atoms with Crippen LogP contribution in [0.4, 0.5) is 5.69 Å². The molecule has 0 fully saturated rings. The van der Waals surface area contributed by atoms with E-state index in [1.807, 2.05) is 12.1 Å². The van der Waals surface area contributed by atoms with E-state index >= 15 is 0 Å². The van der Waals surface area contributed by atoms with Gasteiger partial charge in [-0.1, -0.05) is 0 Å². The summed E-state index contributed by atoms with van der Waals surface area (Å²) in [5.74, 6) is 0. The predicted molar refractivity (Wildman–Crippen MR) is 77.4 cm³/mol. The van der Waals surface area contributed by atoms with Crippen molar-refractivity contribution >= 4 is 5.69 Å². The molecular formula is C15H10N4O2. The van der Waals surface area contributed by atoms with E-state index in [1.165, 1.54) is 6.07 Å². The quantitative estimate of drug-likeness (QED) is 0.543. The van der Waals surface area contributed by atoms with E-state index in [9.17, 15) is 10.1 Å². The fourth-order valence-electron chi connectivity index (χ4n) is 2.00. The van der Waals surface area contributed by atoms with Crippen molar-refractivity contribution in [2.24, 2.45) is 0 Å². The molecule has 0 aromatic carbocycles. The first-order chi connectivity index (χ1) is 10.3. The van der Waals surface area contributed by atoms with Crippen LogP contribution < -0.4 is 0 Å². The Morgan fingerprint density at radius 1 is 0.810 bits per heavy atom. The fraction of sp³-hybridized carbons (Fsp3) is 0. The maximum absolute atomic E-state index is 11.2. The Balaban J connectivity index is 2.18. The van der Waals surface area contributed by atoms with Gasteiger partial charge in [-0.05, 0) is 30.3 Å². The third-order valence-electron chi connectivity index (χ3n) is 3.00. The van der Waals surface area contributed by atoms with Crippen LogP contribution >= 0.6 is 0 Å². The number of aromatic nitrogens is 3. The molecule has 21 heavy (non-hydrogen) atoms. The van der Waals surface area contributed by atoms with Crippen LogP contribution in [0, 0.1) is 10.1 Å². The molecule has 0 amide bonds. The molecule has 0 N–H and O–H groups in total. The SMILES string of the molecule is O=[N+]([O-])c1ccc(-c2ccncc2)nc1-c1ccncc1. The van der Waals surface area contributed by atoms with Gasteiger partial charge in [0.25, 0.3) is 5.69 Å². The van der Waals surface area contributed by atoms with Gasteiger partial charge in [0.2, 0.25) is 0 Å². The Bertz CT molecular complexity index is 776. The van der Waals surface area contributed by atoms with Crippen LogP contribution in [0.2, 0.25) is 0 Å². The molecule has 102 valence electrons. The monoisotopic (exact) mass is 278 g/mol. The molecule has 3 aromatic rings. The van der Waals surface area contributed by atoms with E-state index in [2.05, 4.69) is 15.0 Å². The van der Waals surface area contributed by atoms with E-state index in [0.29, 0.717) is 17.0 Å². The predicted octanol–water partition coefficient (Wildman–Crippen LogP) is 3.11. The van der Waals surface area contributed by atoms with Crippen LogP contribution in [0.5, 0.6) is 0 Å². The molecule has 6 heteroatoms. The second kappa shape index (κ2) is 5.46. The van der Waals surface area contributed by atoms with Crippen LogP contribution in [0.25, 0.3) is 22.5 Å². The lowest BCUT2D eigenvalue weighted by Gasteiger charge is -2.06. The zero-order chi connectivity index (χ0) is 14.7. The zero-order valence-corrected chi connectivity index (χ0v) is 10.9. The van der Waals surface area contributed by atoms with Gasteiger partial charge in [-0.15, -0.1) is 0 Å². The van der Waals surface area contributed by atoms with Crippen molar-refractivity contribution < 1.29 is 4.92 Å². The highest BCUT2D eigenvalue weighted by Crippen LogP contribution is 2.30. The standard InChI is InChI=1S/C15H10N4O2/c20-19(21)14-2-1-13(11-3-7-16-8-4-11)18-15(14)12-5-9-17-10-6-12/h1-10H. The minimum atomic E-state index is -0.431. The average molecular weight is 278 g/mol. The lowest BCUT2D eigenvalue weighted by molar-refractivity contribution is -0.384. The van der Waals surface area contributed by atoms with E-state index in [-0.39, 0.29) is 5.69 Å². The fourth-order valence-corrected chi connectivity index (χ4v) is 2.00. The van der Waals surface area contributed by atoms with Crippen molar-refractivity contribution in [3.8, 4) is 22.5 Å². The smallest absolute Gasteiger partial charge is 0.265 e. The second-order valence-electron chi connectivity index (χ2n) is 4.29. The first-order valence-corrected chi connectivity index (χ1v) is 6.22. The summed E-state index contributed by atoms with van der Waals surface area (Å²) >= 11 is 0. The maximum Gasteiger partial charge on any atom is 0.295 e. The molecule has 0 aliphatic rings. The van der Waals surface area contributed by atoms with Gasteiger partial charge in [-0.2, -0.15) is 0 Å². The molecule has 0 aliphatic carbocycles. The number of nitrogens with zero attached hydrogens (tertiary/aromatic N) is 4. The summed E-state index contributed by atoms with van der Waals surface area (Å²) in [6.45, 7) is 0. The topological polar surface area (TPSA) is 81.8 Å². The third kappa shape index (κ3) is 2.59. The summed E-state index contributed by atoms with van der Waals surface area (Å²) < 4.78 is 0. The van der Waals surface area contributed by atoms with Crippen molar-refractivity contribution in [2.45, 2.75) is 0 Å². The molecule has 0 atom stereocenters. The number of rotatable bonds is 3. The zero-order valence-electron chi connectivity index (χ0n) is 10.9. The molecule has 6 nitrogen and oxygen atoms in total. The third-order valence-corrected chi connectivity index (χ3v) is 3.00. The summed E-state index contributed by atoms with van der Waals surface area (Å²) in [5.41, 5.74) is 2.48. The molecule has 0 bridgehead atoms. The Morgan fingerprint density at radius 2 is 1.38 bits per heavy atom. The van der Waals surface area contributed by atoms with Crippen LogP contribution in [-0.4, -0.2) is 19.9 Å². The highest BCUT2D eigenvalue weighted by Gasteiger charge is 2.18. The summed E-state index contributed by atoms with van der Waals surface area (Å²) in [6.07, 6.45) is 6.48. The lowest BCUT2D eigenvalue weighted by atomic mass is 10.1. The Kier molecular flexibility index (Phi) is 3.34. The molecule has 3 rings (SSSR count). The molecule has 0 saturated heterocycles. The van der Waals surface area contributed by atoms with E-state index in [1.54, 1.807) is 43.0 Å². The molecule has 0 unspecified atom stereocenters. The average Bonchev–Trinajstić information content (AvgIpc) is 2.56. The first-order valence-electron chi connectivity index (χ1n) is 6.22. The van der Waals surface area contributed by atoms with Gasteiger partial charge in [0.05, 0.1) is 10.6 Å². The minimum absolute atomic E-state index is 0.0287. The molecule has 3 heterocycles. The van der Waals surface area contributed by atoms with Crippen molar-refractivity contribution in [1.82, 2.24) is 15.0 Å². The maximum atomic E-state index is 11.2. The molecule has 0 saturated carbocycles. The Morgan fingerprint density at radius 3 is 1.95 bits per heavy atom. The minimum Gasteiger partial charge on any atom is -0.265 e. The highest BCUT2D eigenvalue weighted by molar-refractivity contribution is 5.73. The van der Waals surface area contributed by atoms with E-state index < -0.39 is 4.92 Å². The van der Waals surface area contributed by atoms with Gasteiger partial charge in [0, 0.05) is 42.0 Å². The van der Waals surface area contributed by atoms with Crippen LogP contribution in [0.15, 0.2) is 61.2 Å². The molecule has 0 spiro atoms. The van der Waals surface area contributed by atoms with Gasteiger partial charge in [0.1, 0.15) is 5.69 Å². The van der Waals surface area contributed by atoms with Crippen LogP contribution in [-0.2, 0) is 0 Å². The van der Waals surface area contributed by atoms with Crippen molar-refractivity contribution in [3.05, 3.63) is 71.3 Å². The molecular weight excluding hydrogens is 268 g/mol. The van der Waals surface area contributed by atoms with Gasteiger partial charge in [0.15, 0.2) is 0 Å². The Hall–Kier alpha value is -3.15. The number of nitro groups is 1. The van der Waals surface area contributed by atoms with Gasteiger partial charge < -0.3 is 0 Å². The normalized spacial score (nSPS) is 10.3. The summed E-state index contributed by atoms with van der Waals surface area (Å²) in [4.78, 5) is 23.1.